The fourth-order valence-corrected chi connectivity index (χ4v) is 2.17. The van der Waals surface area contributed by atoms with Crippen molar-refractivity contribution >= 4 is 5.84 Å². The lowest BCUT2D eigenvalue weighted by Gasteiger charge is -2.16. The molecule has 0 bridgehead atoms. The molecule has 0 aliphatic heterocycles. The second kappa shape index (κ2) is 5.87. The lowest BCUT2D eigenvalue weighted by Crippen LogP contribution is -2.14. The van der Waals surface area contributed by atoms with Gasteiger partial charge in [0.2, 0.25) is 0 Å². The van der Waals surface area contributed by atoms with Crippen LogP contribution in [0.3, 0.4) is 0 Å². The van der Waals surface area contributed by atoms with Crippen molar-refractivity contribution in [3.05, 3.63) is 58.1 Å². The number of amidine groups is 1. The van der Waals surface area contributed by atoms with E-state index in [1.807, 2.05) is 45.9 Å². The maximum atomic E-state index is 8.91. The Labute approximate surface area is 124 Å². The molecule has 2 aromatic rings. The first-order chi connectivity index (χ1) is 9.93. The standard InChI is InChI=1S/C17H20N2O2/c1-10-5-8-14(17(18)19-20)15(9-10)21-16-12(3)7-6-11(2)13(16)4/h5-9,20H,1-4H3,(H2,18,19). The second-order valence-corrected chi connectivity index (χ2v) is 5.24. The summed E-state index contributed by atoms with van der Waals surface area (Å²) < 4.78 is 6.08. The minimum atomic E-state index is 0.0351. The fourth-order valence-electron chi connectivity index (χ4n) is 2.17. The Hall–Kier alpha value is -2.49. The molecule has 0 saturated carbocycles. The van der Waals surface area contributed by atoms with E-state index >= 15 is 0 Å². The smallest absolute Gasteiger partial charge is 0.173 e. The molecule has 0 aromatic heterocycles. The first-order valence-electron chi connectivity index (χ1n) is 6.77. The number of nitrogens with zero attached hydrogens (tertiary/aromatic N) is 1. The van der Waals surface area contributed by atoms with Gasteiger partial charge >= 0.3 is 0 Å². The van der Waals surface area contributed by atoms with E-state index in [1.54, 1.807) is 6.07 Å². The molecule has 0 fully saturated rings. The van der Waals surface area contributed by atoms with Crippen LogP contribution in [0.1, 0.15) is 27.8 Å². The van der Waals surface area contributed by atoms with Gasteiger partial charge in [0.15, 0.2) is 5.84 Å². The zero-order valence-corrected chi connectivity index (χ0v) is 12.8. The largest absolute Gasteiger partial charge is 0.456 e. The SMILES string of the molecule is Cc1ccc(C(N)=NO)c(Oc2c(C)ccc(C)c2C)c1. The quantitative estimate of drug-likeness (QED) is 0.390. The Kier molecular flexibility index (Phi) is 4.17. The third-order valence-electron chi connectivity index (χ3n) is 3.61. The summed E-state index contributed by atoms with van der Waals surface area (Å²) in [5, 5.41) is 12.0. The summed E-state index contributed by atoms with van der Waals surface area (Å²) in [7, 11) is 0. The maximum absolute atomic E-state index is 8.91. The summed E-state index contributed by atoms with van der Waals surface area (Å²) in [6.07, 6.45) is 0. The normalized spacial score (nSPS) is 11.5. The molecular formula is C17H20N2O2. The van der Waals surface area contributed by atoms with Crippen LogP contribution in [0.2, 0.25) is 0 Å². The second-order valence-electron chi connectivity index (χ2n) is 5.24. The van der Waals surface area contributed by atoms with E-state index in [9.17, 15) is 0 Å². The molecular weight excluding hydrogens is 264 g/mol. The Bertz CT molecular complexity index is 706. The van der Waals surface area contributed by atoms with Gasteiger partial charge < -0.3 is 15.7 Å². The molecule has 3 N–H and O–H groups in total. The fraction of sp³-hybridized carbons (Fsp3) is 0.235. The zero-order chi connectivity index (χ0) is 15.6. The highest BCUT2D eigenvalue weighted by Gasteiger charge is 2.13. The van der Waals surface area contributed by atoms with Crippen LogP contribution in [0, 0.1) is 27.7 Å². The van der Waals surface area contributed by atoms with Crippen molar-refractivity contribution in [2.24, 2.45) is 10.9 Å². The third kappa shape index (κ3) is 2.99. The van der Waals surface area contributed by atoms with Gasteiger partial charge in [0, 0.05) is 0 Å². The molecule has 0 aliphatic rings. The Morgan fingerprint density at radius 1 is 1.05 bits per heavy atom. The minimum absolute atomic E-state index is 0.0351. The molecule has 21 heavy (non-hydrogen) atoms. The molecule has 0 unspecified atom stereocenters. The number of hydrogen-bond acceptors (Lipinski definition) is 3. The van der Waals surface area contributed by atoms with Crippen molar-refractivity contribution in [1.29, 1.82) is 0 Å². The molecule has 110 valence electrons. The molecule has 0 spiro atoms. The van der Waals surface area contributed by atoms with Crippen molar-refractivity contribution in [2.45, 2.75) is 27.7 Å². The molecule has 4 nitrogen and oxygen atoms in total. The molecule has 0 saturated heterocycles. The molecule has 0 radical (unpaired) electrons. The maximum Gasteiger partial charge on any atom is 0.173 e. The van der Waals surface area contributed by atoms with E-state index in [2.05, 4.69) is 11.2 Å². The molecule has 0 aliphatic carbocycles. The van der Waals surface area contributed by atoms with Crippen LogP contribution >= 0.6 is 0 Å². The van der Waals surface area contributed by atoms with E-state index in [0.29, 0.717) is 11.3 Å². The van der Waals surface area contributed by atoms with E-state index < -0.39 is 0 Å². The summed E-state index contributed by atoms with van der Waals surface area (Å²) >= 11 is 0. The average molecular weight is 284 g/mol. The topological polar surface area (TPSA) is 67.8 Å². The van der Waals surface area contributed by atoms with Gasteiger partial charge in [0.05, 0.1) is 5.56 Å². The lowest BCUT2D eigenvalue weighted by atomic mass is 10.0. The highest BCUT2D eigenvalue weighted by atomic mass is 16.5. The van der Waals surface area contributed by atoms with Crippen molar-refractivity contribution in [1.82, 2.24) is 0 Å². The number of nitrogens with two attached hydrogens (primary N) is 1. The lowest BCUT2D eigenvalue weighted by molar-refractivity contribution is 0.318. The summed E-state index contributed by atoms with van der Waals surface area (Å²) in [6.45, 7) is 8.04. The number of benzene rings is 2. The highest BCUT2D eigenvalue weighted by molar-refractivity contribution is 5.99. The first-order valence-corrected chi connectivity index (χ1v) is 6.77. The van der Waals surface area contributed by atoms with Crippen LogP contribution in [0.15, 0.2) is 35.5 Å². The van der Waals surface area contributed by atoms with Gasteiger partial charge in [-0.2, -0.15) is 0 Å². The summed E-state index contributed by atoms with van der Waals surface area (Å²) in [4.78, 5) is 0. The molecule has 2 aromatic carbocycles. The van der Waals surface area contributed by atoms with Gasteiger partial charge in [-0.3, -0.25) is 0 Å². The van der Waals surface area contributed by atoms with Crippen molar-refractivity contribution in [3.63, 3.8) is 0 Å². The van der Waals surface area contributed by atoms with Crippen LogP contribution in [0.5, 0.6) is 11.5 Å². The van der Waals surface area contributed by atoms with Crippen molar-refractivity contribution < 1.29 is 9.94 Å². The van der Waals surface area contributed by atoms with E-state index in [4.69, 9.17) is 15.7 Å². The van der Waals surface area contributed by atoms with Crippen LogP contribution in [0.4, 0.5) is 0 Å². The number of hydrogen-bond donors (Lipinski definition) is 2. The van der Waals surface area contributed by atoms with Gasteiger partial charge in [-0.15, -0.1) is 0 Å². The van der Waals surface area contributed by atoms with Crippen LogP contribution in [0.25, 0.3) is 0 Å². The first kappa shape index (κ1) is 14.9. The molecule has 0 amide bonds. The number of oxime groups is 1. The molecule has 4 heteroatoms. The van der Waals surface area contributed by atoms with Crippen LogP contribution in [-0.2, 0) is 0 Å². The summed E-state index contributed by atoms with van der Waals surface area (Å²) in [6, 6.07) is 9.67. The van der Waals surface area contributed by atoms with Gasteiger partial charge in [-0.25, -0.2) is 0 Å². The van der Waals surface area contributed by atoms with Crippen molar-refractivity contribution in [3.8, 4) is 11.5 Å². The Balaban J connectivity index is 2.54. The number of rotatable bonds is 3. The number of aryl methyl sites for hydroxylation is 3. The van der Waals surface area contributed by atoms with E-state index in [0.717, 1.165) is 28.0 Å². The van der Waals surface area contributed by atoms with Gasteiger partial charge in [-0.05, 0) is 62.1 Å². The van der Waals surface area contributed by atoms with Crippen LogP contribution < -0.4 is 10.5 Å². The molecule has 0 heterocycles. The average Bonchev–Trinajstić information content (AvgIpc) is 2.47. The highest BCUT2D eigenvalue weighted by Crippen LogP contribution is 2.33. The zero-order valence-electron chi connectivity index (χ0n) is 12.8. The predicted octanol–water partition coefficient (Wildman–Crippen LogP) is 3.81. The summed E-state index contributed by atoms with van der Waals surface area (Å²) in [5.74, 6) is 1.43. The van der Waals surface area contributed by atoms with E-state index in [-0.39, 0.29) is 5.84 Å². The number of ether oxygens (including phenoxy) is 1. The Morgan fingerprint density at radius 3 is 2.38 bits per heavy atom. The van der Waals surface area contributed by atoms with Gasteiger partial charge in [-0.1, -0.05) is 23.4 Å². The van der Waals surface area contributed by atoms with Gasteiger partial charge in [0.1, 0.15) is 11.5 Å². The monoisotopic (exact) mass is 284 g/mol. The molecule has 2 rings (SSSR count). The van der Waals surface area contributed by atoms with Crippen molar-refractivity contribution in [2.75, 3.05) is 0 Å². The van der Waals surface area contributed by atoms with Crippen LogP contribution in [-0.4, -0.2) is 11.0 Å². The van der Waals surface area contributed by atoms with Gasteiger partial charge in [0.25, 0.3) is 0 Å². The Morgan fingerprint density at radius 2 is 1.71 bits per heavy atom. The minimum Gasteiger partial charge on any atom is -0.456 e. The van der Waals surface area contributed by atoms with E-state index in [1.165, 1.54) is 0 Å². The predicted molar refractivity (Wildman–Crippen MR) is 84.4 cm³/mol. The third-order valence-corrected chi connectivity index (χ3v) is 3.61. The molecule has 0 atom stereocenters. The summed E-state index contributed by atoms with van der Waals surface area (Å²) in [5.41, 5.74) is 10.6.